The second-order valence-electron chi connectivity index (χ2n) is 11.0. The molecule has 0 aliphatic heterocycles. The highest BCUT2D eigenvalue weighted by Crippen LogP contribution is 2.48. The van der Waals surface area contributed by atoms with Crippen LogP contribution in [-0.2, 0) is 12.8 Å². The van der Waals surface area contributed by atoms with E-state index in [0.717, 1.165) is 56.9 Å². The Morgan fingerprint density at radius 1 is 0.938 bits per heavy atom. The van der Waals surface area contributed by atoms with Gasteiger partial charge < -0.3 is 0 Å². The number of halogens is 3. The lowest BCUT2D eigenvalue weighted by Gasteiger charge is -2.42. The van der Waals surface area contributed by atoms with Crippen molar-refractivity contribution in [2.45, 2.75) is 109 Å². The summed E-state index contributed by atoms with van der Waals surface area (Å²) in [6.07, 6.45) is 16.8. The summed E-state index contributed by atoms with van der Waals surface area (Å²) in [7, 11) is 0. The number of allylic oxidation sites excluding steroid dienone is 1. The minimum atomic E-state index is -1.52. The molecule has 0 spiro atoms. The van der Waals surface area contributed by atoms with Crippen LogP contribution in [0.3, 0.4) is 0 Å². The minimum absolute atomic E-state index is 0.0302. The van der Waals surface area contributed by atoms with E-state index < -0.39 is 6.08 Å². The minimum Gasteiger partial charge on any atom is -0.207 e. The molecule has 3 heteroatoms. The molecular weight excluding hydrogens is 405 g/mol. The summed E-state index contributed by atoms with van der Waals surface area (Å²) >= 11 is 0. The number of hydrogen-bond acceptors (Lipinski definition) is 0. The molecule has 0 N–H and O–H groups in total. The van der Waals surface area contributed by atoms with Crippen LogP contribution in [-0.4, -0.2) is 0 Å². The van der Waals surface area contributed by atoms with Crippen molar-refractivity contribution in [3.05, 3.63) is 46.8 Å². The normalized spacial score (nSPS) is 29.8. The average molecular weight is 447 g/mol. The maximum absolute atomic E-state index is 15.2. The number of unbranched alkanes of at least 4 members (excludes halogenated alkanes) is 4. The molecule has 2 saturated carbocycles. The first-order valence-electron chi connectivity index (χ1n) is 13.4. The molecule has 2 fully saturated rings. The van der Waals surface area contributed by atoms with Crippen LogP contribution in [0, 0.1) is 29.5 Å². The Kier molecular flexibility index (Phi) is 8.40. The topological polar surface area (TPSA) is 0 Å². The number of rotatable bonds is 8. The van der Waals surface area contributed by atoms with Crippen LogP contribution in [0.1, 0.15) is 113 Å². The summed E-state index contributed by atoms with van der Waals surface area (Å²) in [4.78, 5) is 0. The van der Waals surface area contributed by atoms with Crippen LogP contribution in [0.15, 0.2) is 24.3 Å². The van der Waals surface area contributed by atoms with Gasteiger partial charge in [-0.15, -0.1) is 0 Å². The molecule has 0 saturated heterocycles. The highest BCUT2D eigenvalue weighted by atomic mass is 19.3. The Morgan fingerprint density at radius 2 is 1.72 bits per heavy atom. The van der Waals surface area contributed by atoms with Crippen molar-refractivity contribution in [1.29, 1.82) is 0 Å². The van der Waals surface area contributed by atoms with Gasteiger partial charge in [-0.3, -0.25) is 0 Å². The molecule has 178 valence electrons. The van der Waals surface area contributed by atoms with E-state index >= 15 is 4.39 Å². The van der Waals surface area contributed by atoms with Crippen molar-refractivity contribution in [3.8, 4) is 0 Å². The molecule has 0 bridgehead atoms. The maximum atomic E-state index is 15.2. The molecule has 32 heavy (non-hydrogen) atoms. The van der Waals surface area contributed by atoms with E-state index in [0.29, 0.717) is 23.7 Å². The number of hydrogen-bond donors (Lipinski definition) is 0. The van der Waals surface area contributed by atoms with Gasteiger partial charge in [0.15, 0.2) is 0 Å². The molecule has 1 aromatic carbocycles. The van der Waals surface area contributed by atoms with E-state index in [4.69, 9.17) is 0 Å². The van der Waals surface area contributed by atoms with Gasteiger partial charge in [-0.05, 0) is 116 Å². The fourth-order valence-corrected chi connectivity index (χ4v) is 7.00. The van der Waals surface area contributed by atoms with Crippen LogP contribution in [0.4, 0.5) is 13.2 Å². The predicted molar refractivity (Wildman–Crippen MR) is 127 cm³/mol. The Bertz CT molecular complexity index is 779. The zero-order valence-electron chi connectivity index (χ0n) is 19.9. The zero-order chi connectivity index (χ0) is 22.5. The van der Waals surface area contributed by atoms with Gasteiger partial charge >= 0.3 is 0 Å². The van der Waals surface area contributed by atoms with Gasteiger partial charge in [-0.2, -0.15) is 8.78 Å². The van der Waals surface area contributed by atoms with E-state index in [2.05, 4.69) is 13.0 Å². The van der Waals surface area contributed by atoms with Crippen molar-refractivity contribution >= 4 is 0 Å². The van der Waals surface area contributed by atoms with E-state index in [1.807, 2.05) is 6.07 Å². The van der Waals surface area contributed by atoms with Gasteiger partial charge in [-0.1, -0.05) is 51.5 Å². The SMILES string of the molecule is CCCCCCCC1CCc2cc(C3CCC4CC(C=C(F)F)CCC4C3)cc(F)c2C1. The summed E-state index contributed by atoms with van der Waals surface area (Å²) < 4.78 is 40.5. The van der Waals surface area contributed by atoms with Gasteiger partial charge in [0.1, 0.15) is 5.82 Å². The molecular formula is C29H41F3. The fraction of sp³-hybridized carbons (Fsp3) is 0.724. The number of benzene rings is 1. The first kappa shape index (κ1) is 23.9. The molecule has 1 aromatic rings. The molecule has 5 atom stereocenters. The van der Waals surface area contributed by atoms with Gasteiger partial charge in [0.25, 0.3) is 6.08 Å². The Morgan fingerprint density at radius 3 is 2.53 bits per heavy atom. The second-order valence-corrected chi connectivity index (χ2v) is 11.0. The zero-order valence-corrected chi connectivity index (χ0v) is 19.9. The smallest absolute Gasteiger partial charge is 0.207 e. The molecule has 4 rings (SSSR count). The summed E-state index contributed by atoms with van der Waals surface area (Å²) in [5.74, 6) is 2.37. The quantitative estimate of drug-likeness (QED) is 0.349. The summed E-state index contributed by atoms with van der Waals surface area (Å²) in [6, 6.07) is 4.17. The second kappa shape index (κ2) is 11.3. The predicted octanol–water partition coefficient (Wildman–Crippen LogP) is 9.37. The Hall–Kier alpha value is -1.25. The lowest BCUT2D eigenvalue weighted by atomic mass is 9.63. The van der Waals surface area contributed by atoms with E-state index in [9.17, 15) is 8.78 Å². The molecule has 3 aliphatic carbocycles. The van der Waals surface area contributed by atoms with E-state index in [1.165, 1.54) is 62.1 Å². The highest BCUT2D eigenvalue weighted by Gasteiger charge is 2.36. The van der Waals surface area contributed by atoms with Gasteiger partial charge in [0.2, 0.25) is 0 Å². The molecule has 0 aromatic heterocycles. The van der Waals surface area contributed by atoms with E-state index in [-0.39, 0.29) is 11.7 Å². The van der Waals surface area contributed by atoms with Gasteiger partial charge in [0.05, 0.1) is 0 Å². The fourth-order valence-electron chi connectivity index (χ4n) is 7.00. The summed E-state index contributed by atoms with van der Waals surface area (Å²) in [6.45, 7) is 2.25. The molecule has 3 aliphatic rings. The third-order valence-corrected chi connectivity index (χ3v) is 8.83. The summed E-state index contributed by atoms with van der Waals surface area (Å²) in [5, 5.41) is 0. The molecule has 5 unspecified atom stereocenters. The first-order chi connectivity index (χ1) is 15.5. The number of fused-ring (bicyclic) bond motifs is 2. The highest BCUT2D eigenvalue weighted by molar-refractivity contribution is 5.37. The maximum Gasteiger partial charge on any atom is 0.266 e. The first-order valence-corrected chi connectivity index (χ1v) is 13.4. The lowest BCUT2D eigenvalue weighted by Crippen LogP contribution is -2.30. The average Bonchev–Trinajstić information content (AvgIpc) is 2.78. The van der Waals surface area contributed by atoms with Crippen LogP contribution in [0.5, 0.6) is 0 Å². The van der Waals surface area contributed by atoms with Gasteiger partial charge in [-0.25, -0.2) is 4.39 Å². The van der Waals surface area contributed by atoms with Crippen LogP contribution >= 0.6 is 0 Å². The van der Waals surface area contributed by atoms with Crippen molar-refractivity contribution in [1.82, 2.24) is 0 Å². The standard InChI is InChI=1S/C29H41F3/c1-2-3-4-5-6-7-20-8-11-25-18-26(19-28(30)27(25)15-20)24-13-12-22-14-21(16-29(31)32)9-10-23(22)17-24/h16,18-24H,2-15,17H2,1H3. The molecule has 0 nitrogen and oxygen atoms in total. The van der Waals surface area contributed by atoms with Crippen molar-refractivity contribution in [2.75, 3.05) is 0 Å². The van der Waals surface area contributed by atoms with Crippen molar-refractivity contribution in [3.63, 3.8) is 0 Å². The monoisotopic (exact) mass is 446 g/mol. The van der Waals surface area contributed by atoms with Crippen LogP contribution in [0.2, 0.25) is 0 Å². The Labute approximate surface area is 193 Å². The molecule has 0 amide bonds. The largest absolute Gasteiger partial charge is 0.266 e. The molecule has 0 radical (unpaired) electrons. The number of aryl methyl sites for hydroxylation is 1. The Balaban J connectivity index is 1.34. The van der Waals surface area contributed by atoms with Crippen LogP contribution in [0.25, 0.3) is 0 Å². The summed E-state index contributed by atoms with van der Waals surface area (Å²) in [5.41, 5.74) is 3.46. The van der Waals surface area contributed by atoms with Gasteiger partial charge in [0, 0.05) is 0 Å². The third-order valence-electron chi connectivity index (χ3n) is 8.83. The molecule has 0 heterocycles. The lowest BCUT2D eigenvalue weighted by molar-refractivity contribution is 0.132. The third kappa shape index (κ3) is 6.00. The van der Waals surface area contributed by atoms with Crippen molar-refractivity contribution < 1.29 is 13.2 Å². The van der Waals surface area contributed by atoms with Crippen LogP contribution < -0.4 is 0 Å². The van der Waals surface area contributed by atoms with Crippen molar-refractivity contribution in [2.24, 2.45) is 23.7 Å². The van der Waals surface area contributed by atoms with E-state index in [1.54, 1.807) is 0 Å².